The monoisotopic (exact) mass is 300 g/mol. The van der Waals surface area contributed by atoms with Gasteiger partial charge in [0.15, 0.2) is 0 Å². The largest absolute Gasteiger partial charge is 0.380 e. The van der Waals surface area contributed by atoms with E-state index in [2.05, 4.69) is 46.4 Å². The normalized spacial score (nSPS) is 9.83. The molecule has 18 heavy (non-hydrogen) atoms. The number of hydrogen-bond acceptors (Lipinski definition) is 2. The molecule has 0 unspecified atom stereocenters. The molecule has 0 aliphatic rings. The smallest absolute Gasteiger partial charge is 0.0991 e. The molecule has 1 N–H and O–H groups in total. The maximum atomic E-state index is 8.84. The fraction of sp³-hybridized carbons (Fsp3) is 0.133. The summed E-state index contributed by atoms with van der Waals surface area (Å²) in [5.74, 6) is 0. The summed E-state index contributed by atoms with van der Waals surface area (Å²) in [6.07, 6.45) is 0. The molecule has 2 nitrogen and oxygen atoms in total. The van der Waals surface area contributed by atoms with E-state index in [9.17, 15) is 0 Å². The molecule has 0 spiro atoms. The Balaban J connectivity index is 2.09. The Kier molecular flexibility index (Phi) is 4.01. The van der Waals surface area contributed by atoms with Crippen LogP contribution < -0.4 is 5.32 Å². The second-order valence-electron chi connectivity index (χ2n) is 4.15. The van der Waals surface area contributed by atoms with Crippen molar-refractivity contribution in [3.63, 3.8) is 0 Å². The Bertz CT molecular complexity index is 600. The summed E-state index contributed by atoms with van der Waals surface area (Å²) in [7, 11) is 0. The summed E-state index contributed by atoms with van der Waals surface area (Å²) in [4.78, 5) is 0. The Hall–Kier alpha value is -1.79. The van der Waals surface area contributed by atoms with Crippen LogP contribution >= 0.6 is 15.9 Å². The highest BCUT2D eigenvalue weighted by molar-refractivity contribution is 9.10. The summed E-state index contributed by atoms with van der Waals surface area (Å²) < 4.78 is 1.05. The minimum absolute atomic E-state index is 0.692. The van der Waals surface area contributed by atoms with E-state index in [1.807, 2.05) is 30.3 Å². The highest BCUT2D eigenvalue weighted by Crippen LogP contribution is 2.23. The number of anilines is 1. The molecular formula is C15H13BrN2. The first-order valence-corrected chi connectivity index (χ1v) is 6.47. The number of aryl methyl sites for hydroxylation is 1. The van der Waals surface area contributed by atoms with Crippen LogP contribution in [0.3, 0.4) is 0 Å². The molecule has 0 fully saturated rings. The Labute approximate surface area is 115 Å². The second-order valence-corrected chi connectivity index (χ2v) is 5.00. The fourth-order valence-corrected chi connectivity index (χ4v) is 2.35. The van der Waals surface area contributed by atoms with Gasteiger partial charge in [0.2, 0.25) is 0 Å². The van der Waals surface area contributed by atoms with Crippen LogP contribution in [0.1, 0.15) is 16.7 Å². The summed E-state index contributed by atoms with van der Waals surface area (Å²) in [5, 5.41) is 12.2. The molecular weight excluding hydrogens is 288 g/mol. The molecule has 0 saturated heterocycles. The van der Waals surface area contributed by atoms with Gasteiger partial charge in [0.05, 0.1) is 11.6 Å². The molecule has 2 aromatic rings. The molecule has 0 atom stereocenters. The summed E-state index contributed by atoms with van der Waals surface area (Å²) in [5.41, 5.74) is 4.07. The van der Waals surface area contributed by atoms with Crippen LogP contribution in [0.15, 0.2) is 46.9 Å². The van der Waals surface area contributed by atoms with Gasteiger partial charge in [0.25, 0.3) is 0 Å². The lowest BCUT2D eigenvalue weighted by molar-refractivity contribution is 1.14. The van der Waals surface area contributed by atoms with E-state index in [0.717, 1.165) is 15.7 Å². The number of nitrogens with one attached hydrogen (secondary N) is 1. The number of rotatable bonds is 3. The molecule has 0 aliphatic heterocycles. The second kappa shape index (κ2) is 5.70. The van der Waals surface area contributed by atoms with Crippen LogP contribution in [-0.4, -0.2) is 0 Å². The number of halogens is 1. The topological polar surface area (TPSA) is 35.8 Å². The number of hydrogen-bond donors (Lipinski definition) is 1. The van der Waals surface area contributed by atoms with Crippen molar-refractivity contribution in [3.8, 4) is 6.07 Å². The summed E-state index contributed by atoms with van der Waals surface area (Å²) in [6, 6.07) is 16.0. The molecule has 90 valence electrons. The summed E-state index contributed by atoms with van der Waals surface area (Å²) in [6.45, 7) is 2.77. The molecule has 0 saturated carbocycles. The van der Waals surface area contributed by atoms with E-state index in [-0.39, 0.29) is 0 Å². The Morgan fingerprint density at radius 3 is 2.78 bits per heavy atom. The van der Waals surface area contributed by atoms with Crippen molar-refractivity contribution in [1.82, 2.24) is 0 Å². The minimum Gasteiger partial charge on any atom is -0.380 e. The SMILES string of the molecule is Cc1ccc(NCc2cccc(C#N)c2)c(Br)c1. The lowest BCUT2D eigenvalue weighted by Crippen LogP contribution is -2.00. The van der Waals surface area contributed by atoms with E-state index in [0.29, 0.717) is 12.1 Å². The standard InChI is InChI=1S/C15H13BrN2/c1-11-5-6-15(14(16)7-11)18-10-13-4-2-3-12(8-13)9-17/h2-8,18H,10H2,1H3. The van der Waals surface area contributed by atoms with Gasteiger partial charge in [0.1, 0.15) is 0 Å². The van der Waals surface area contributed by atoms with Crippen LogP contribution in [0.25, 0.3) is 0 Å². The van der Waals surface area contributed by atoms with Gasteiger partial charge in [-0.25, -0.2) is 0 Å². The number of nitrogens with zero attached hydrogens (tertiary/aromatic N) is 1. The van der Waals surface area contributed by atoms with Gasteiger partial charge in [-0.05, 0) is 58.2 Å². The first-order valence-electron chi connectivity index (χ1n) is 5.68. The first kappa shape index (κ1) is 12.7. The third-order valence-electron chi connectivity index (χ3n) is 2.66. The molecule has 0 heterocycles. The lowest BCUT2D eigenvalue weighted by Gasteiger charge is -2.09. The van der Waals surface area contributed by atoms with E-state index < -0.39 is 0 Å². The molecule has 2 aromatic carbocycles. The van der Waals surface area contributed by atoms with Gasteiger partial charge in [-0.3, -0.25) is 0 Å². The van der Waals surface area contributed by atoms with Gasteiger partial charge in [-0.1, -0.05) is 18.2 Å². The molecule has 0 bridgehead atoms. The number of benzene rings is 2. The predicted octanol–water partition coefficient (Wildman–Crippen LogP) is 4.24. The van der Waals surface area contributed by atoms with Gasteiger partial charge < -0.3 is 5.32 Å². The zero-order valence-electron chi connectivity index (χ0n) is 10.1. The molecule has 2 rings (SSSR count). The average Bonchev–Trinajstić information content (AvgIpc) is 2.38. The van der Waals surface area contributed by atoms with Crippen LogP contribution in [0, 0.1) is 18.3 Å². The third-order valence-corrected chi connectivity index (χ3v) is 3.32. The minimum atomic E-state index is 0.692. The molecule has 3 heteroatoms. The highest BCUT2D eigenvalue weighted by Gasteiger charge is 2.00. The fourth-order valence-electron chi connectivity index (χ4n) is 1.71. The zero-order chi connectivity index (χ0) is 13.0. The Morgan fingerprint density at radius 2 is 2.06 bits per heavy atom. The zero-order valence-corrected chi connectivity index (χ0v) is 11.7. The third kappa shape index (κ3) is 3.12. The summed E-state index contributed by atoms with van der Waals surface area (Å²) >= 11 is 3.53. The highest BCUT2D eigenvalue weighted by atomic mass is 79.9. The van der Waals surface area contributed by atoms with Gasteiger partial charge in [-0.15, -0.1) is 0 Å². The average molecular weight is 301 g/mol. The van der Waals surface area contributed by atoms with Crippen molar-refractivity contribution in [2.45, 2.75) is 13.5 Å². The molecule has 0 amide bonds. The van der Waals surface area contributed by atoms with E-state index in [1.54, 1.807) is 0 Å². The van der Waals surface area contributed by atoms with Crippen molar-refractivity contribution >= 4 is 21.6 Å². The Morgan fingerprint density at radius 1 is 1.22 bits per heavy atom. The van der Waals surface area contributed by atoms with E-state index >= 15 is 0 Å². The van der Waals surface area contributed by atoms with Crippen molar-refractivity contribution in [3.05, 3.63) is 63.6 Å². The van der Waals surface area contributed by atoms with Crippen LogP contribution in [0.2, 0.25) is 0 Å². The molecule has 0 aromatic heterocycles. The van der Waals surface area contributed by atoms with Crippen molar-refractivity contribution in [1.29, 1.82) is 5.26 Å². The lowest BCUT2D eigenvalue weighted by atomic mass is 10.1. The molecule has 0 radical (unpaired) electrons. The van der Waals surface area contributed by atoms with Gasteiger partial charge in [-0.2, -0.15) is 5.26 Å². The molecule has 0 aliphatic carbocycles. The van der Waals surface area contributed by atoms with Crippen molar-refractivity contribution in [2.75, 3.05) is 5.32 Å². The van der Waals surface area contributed by atoms with Crippen molar-refractivity contribution < 1.29 is 0 Å². The first-order chi connectivity index (χ1) is 8.69. The van der Waals surface area contributed by atoms with Gasteiger partial charge >= 0.3 is 0 Å². The van der Waals surface area contributed by atoms with Gasteiger partial charge in [0, 0.05) is 16.7 Å². The maximum Gasteiger partial charge on any atom is 0.0991 e. The maximum absolute atomic E-state index is 8.84. The predicted molar refractivity (Wildman–Crippen MR) is 77.4 cm³/mol. The van der Waals surface area contributed by atoms with E-state index in [4.69, 9.17) is 5.26 Å². The van der Waals surface area contributed by atoms with Crippen LogP contribution in [-0.2, 0) is 6.54 Å². The quantitative estimate of drug-likeness (QED) is 0.920. The number of nitriles is 1. The van der Waals surface area contributed by atoms with Crippen LogP contribution in [0.5, 0.6) is 0 Å². The van der Waals surface area contributed by atoms with Crippen molar-refractivity contribution in [2.24, 2.45) is 0 Å². The van der Waals surface area contributed by atoms with E-state index in [1.165, 1.54) is 5.56 Å². The van der Waals surface area contributed by atoms with Crippen LogP contribution in [0.4, 0.5) is 5.69 Å².